The van der Waals surface area contributed by atoms with Crippen LogP contribution in [0.5, 0.6) is 0 Å². The van der Waals surface area contributed by atoms with Gasteiger partial charge in [-0.05, 0) is 53.7 Å². The third kappa shape index (κ3) is 3.36. The summed E-state index contributed by atoms with van der Waals surface area (Å²) < 4.78 is 7.25. The fourth-order valence-electron chi connectivity index (χ4n) is 3.78. The van der Waals surface area contributed by atoms with Crippen molar-refractivity contribution in [2.75, 3.05) is 18.0 Å². The molecule has 2 aromatic rings. The number of ether oxygens (including phenoxy) is 1. The molecule has 0 radical (unpaired) electrons. The van der Waals surface area contributed by atoms with E-state index in [1.807, 2.05) is 18.5 Å². The molecule has 0 bridgehead atoms. The van der Waals surface area contributed by atoms with Gasteiger partial charge in [0.1, 0.15) is 5.52 Å². The molecule has 0 spiro atoms. The average molecular weight is 376 g/mol. The molecule has 23 heavy (non-hydrogen) atoms. The number of halogens is 1. The maximum Gasteiger partial charge on any atom is 0.112 e. The zero-order valence-electron chi connectivity index (χ0n) is 13.2. The Labute approximate surface area is 145 Å². The van der Waals surface area contributed by atoms with Crippen LogP contribution in [0.2, 0.25) is 0 Å². The van der Waals surface area contributed by atoms with E-state index >= 15 is 0 Å². The molecule has 4 nitrogen and oxygen atoms in total. The van der Waals surface area contributed by atoms with Crippen LogP contribution in [-0.4, -0.2) is 35.3 Å². The monoisotopic (exact) mass is 375 g/mol. The fourth-order valence-corrected chi connectivity index (χ4v) is 4.10. The van der Waals surface area contributed by atoms with Crippen LogP contribution in [0.25, 0.3) is 11.0 Å². The highest BCUT2D eigenvalue weighted by Crippen LogP contribution is 2.30. The second-order valence-electron chi connectivity index (χ2n) is 6.58. The molecule has 2 fully saturated rings. The highest BCUT2D eigenvalue weighted by molar-refractivity contribution is 9.10. The first-order chi connectivity index (χ1) is 11.3. The summed E-state index contributed by atoms with van der Waals surface area (Å²) >= 11 is 3.47. The van der Waals surface area contributed by atoms with Crippen LogP contribution in [0, 0.1) is 0 Å². The Bertz CT molecular complexity index is 679. The third-order valence-corrected chi connectivity index (χ3v) is 5.43. The molecule has 0 aromatic carbocycles. The van der Waals surface area contributed by atoms with Crippen molar-refractivity contribution in [3.8, 4) is 0 Å². The van der Waals surface area contributed by atoms with E-state index in [1.54, 1.807) is 0 Å². The van der Waals surface area contributed by atoms with Crippen LogP contribution in [0.4, 0.5) is 5.69 Å². The van der Waals surface area contributed by atoms with E-state index in [0.29, 0.717) is 12.2 Å². The lowest BCUT2D eigenvalue weighted by Gasteiger charge is -2.35. The second kappa shape index (κ2) is 6.73. The van der Waals surface area contributed by atoms with Gasteiger partial charge in [-0.2, -0.15) is 0 Å². The smallest absolute Gasteiger partial charge is 0.112 e. The van der Waals surface area contributed by atoms with Gasteiger partial charge in [-0.1, -0.05) is 12.8 Å². The molecular weight excluding hydrogens is 354 g/mol. The molecule has 5 heteroatoms. The van der Waals surface area contributed by atoms with Crippen molar-refractivity contribution in [2.45, 2.75) is 50.7 Å². The summed E-state index contributed by atoms with van der Waals surface area (Å²) in [6.07, 6.45) is 12.1. The first-order valence-corrected chi connectivity index (χ1v) is 9.39. The number of rotatable bonds is 3. The van der Waals surface area contributed by atoms with Crippen LogP contribution in [-0.2, 0) is 4.74 Å². The minimum absolute atomic E-state index is 0.435. The van der Waals surface area contributed by atoms with Crippen molar-refractivity contribution < 1.29 is 4.74 Å². The average Bonchev–Trinajstić information content (AvgIpc) is 3.08. The van der Waals surface area contributed by atoms with Crippen molar-refractivity contribution in [1.29, 1.82) is 0 Å². The van der Waals surface area contributed by atoms with Gasteiger partial charge >= 0.3 is 0 Å². The number of anilines is 1. The van der Waals surface area contributed by atoms with Crippen LogP contribution in [0.15, 0.2) is 29.0 Å². The normalized spacial score (nSPS) is 20.5. The number of hydrogen-bond donors (Lipinski definition) is 0. The van der Waals surface area contributed by atoms with Crippen molar-refractivity contribution in [3.63, 3.8) is 0 Å². The number of hydrogen-bond acceptors (Lipinski definition) is 4. The van der Waals surface area contributed by atoms with Gasteiger partial charge < -0.3 is 9.64 Å². The maximum absolute atomic E-state index is 6.28. The standard InChI is InChI=1S/C18H22BrN3O/c19-13-11-16-18(21-12-13)17(5-8-20-16)22-9-6-15(7-10-22)23-14-3-1-2-4-14/h5,8,11-12,14-15H,1-4,6-7,9-10H2. The lowest BCUT2D eigenvalue weighted by molar-refractivity contribution is -0.0194. The fraction of sp³-hybridized carbons (Fsp3) is 0.556. The summed E-state index contributed by atoms with van der Waals surface area (Å²) in [7, 11) is 0. The van der Waals surface area contributed by atoms with E-state index in [-0.39, 0.29) is 0 Å². The van der Waals surface area contributed by atoms with E-state index < -0.39 is 0 Å². The van der Waals surface area contributed by atoms with Gasteiger partial charge in [-0.3, -0.25) is 9.97 Å². The van der Waals surface area contributed by atoms with Crippen LogP contribution < -0.4 is 4.90 Å². The Kier molecular flexibility index (Phi) is 4.49. The first kappa shape index (κ1) is 15.3. The van der Waals surface area contributed by atoms with Crippen molar-refractivity contribution in [2.24, 2.45) is 0 Å². The molecule has 2 aromatic heterocycles. The molecule has 1 saturated heterocycles. The molecule has 3 heterocycles. The van der Waals surface area contributed by atoms with E-state index in [2.05, 4.69) is 36.9 Å². The SMILES string of the molecule is Brc1cnc2c(N3CCC(OC4CCCC4)CC3)ccnc2c1. The number of pyridine rings is 2. The summed E-state index contributed by atoms with van der Waals surface area (Å²) in [5.74, 6) is 0. The quantitative estimate of drug-likeness (QED) is 0.800. The Morgan fingerprint density at radius 2 is 1.78 bits per heavy atom. The molecule has 0 amide bonds. The topological polar surface area (TPSA) is 38.2 Å². The van der Waals surface area contributed by atoms with Crippen LogP contribution in [0.3, 0.4) is 0 Å². The van der Waals surface area contributed by atoms with Crippen molar-refractivity contribution >= 4 is 32.7 Å². The summed E-state index contributed by atoms with van der Waals surface area (Å²) in [6, 6.07) is 4.11. The van der Waals surface area contributed by atoms with Crippen LogP contribution in [0.1, 0.15) is 38.5 Å². The number of aromatic nitrogens is 2. The summed E-state index contributed by atoms with van der Waals surface area (Å²) in [4.78, 5) is 11.4. The molecule has 1 aliphatic carbocycles. The Morgan fingerprint density at radius 1 is 1.04 bits per heavy atom. The molecule has 0 N–H and O–H groups in total. The highest BCUT2D eigenvalue weighted by atomic mass is 79.9. The summed E-state index contributed by atoms with van der Waals surface area (Å²) in [6.45, 7) is 2.07. The van der Waals surface area contributed by atoms with E-state index in [4.69, 9.17) is 4.74 Å². The van der Waals surface area contributed by atoms with Gasteiger partial charge in [-0.25, -0.2) is 0 Å². The van der Waals surface area contributed by atoms with Gasteiger partial charge in [0, 0.05) is 30.0 Å². The number of piperidine rings is 1. The third-order valence-electron chi connectivity index (χ3n) is 4.99. The van der Waals surface area contributed by atoms with E-state index in [9.17, 15) is 0 Å². The molecular formula is C18H22BrN3O. The summed E-state index contributed by atoms with van der Waals surface area (Å²) in [5.41, 5.74) is 3.13. The van der Waals surface area contributed by atoms with Gasteiger partial charge in [0.25, 0.3) is 0 Å². The minimum atomic E-state index is 0.435. The second-order valence-corrected chi connectivity index (χ2v) is 7.50. The van der Waals surface area contributed by atoms with Gasteiger partial charge in [0.2, 0.25) is 0 Å². The van der Waals surface area contributed by atoms with Crippen molar-refractivity contribution in [3.05, 3.63) is 29.0 Å². The van der Waals surface area contributed by atoms with Gasteiger partial charge in [-0.15, -0.1) is 0 Å². The molecule has 1 saturated carbocycles. The molecule has 1 aliphatic heterocycles. The van der Waals surface area contributed by atoms with Gasteiger partial charge in [0.05, 0.1) is 23.4 Å². The molecule has 4 rings (SSSR count). The Morgan fingerprint density at radius 3 is 2.57 bits per heavy atom. The Balaban J connectivity index is 1.46. The number of fused-ring (bicyclic) bond motifs is 1. The molecule has 122 valence electrons. The summed E-state index contributed by atoms with van der Waals surface area (Å²) in [5, 5.41) is 0. The zero-order chi connectivity index (χ0) is 15.6. The zero-order valence-corrected chi connectivity index (χ0v) is 14.8. The molecule has 0 atom stereocenters. The molecule has 0 unspecified atom stereocenters. The Hall–Kier alpha value is -1.20. The number of nitrogens with zero attached hydrogens (tertiary/aromatic N) is 3. The van der Waals surface area contributed by atoms with Crippen LogP contribution >= 0.6 is 15.9 Å². The first-order valence-electron chi connectivity index (χ1n) is 8.60. The van der Waals surface area contributed by atoms with Gasteiger partial charge in [0.15, 0.2) is 0 Å². The predicted molar refractivity (Wildman–Crippen MR) is 95.8 cm³/mol. The lowest BCUT2D eigenvalue weighted by atomic mass is 10.1. The maximum atomic E-state index is 6.28. The van der Waals surface area contributed by atoms with E-state index in [1.165, 1.54) is 31.4 Å². The minimum Gasteiger partial charge on any atom is -0.375 e. The predicted octanol–water partition coefficient (Wildman–Crippen LogP) is 4.32. The molecule has 2 aliphatic rings. The van der Waals surface area contributed by atoms with Crippen molar-refractivity contribution in [1.82, 2.24) is 9.97 Å². The van der Waals surface area contributed by atoms with E-state index in [0.717, 1.165) is 41.4 Å². The lowest BCUT2D eigenvalue weighted by Crippen LogP contribution is -2.38. The largest absolute Gasteiger partial charge is 0.375 e. The highest BCUT2D eigenvalue weighted by Gasteiger charge is 2.25.